The fraction of sp³-hybridized carbons (Fsp3) is 0. The van der Waals surface area contributed by atoms with Crippen LogP contribution in [0.4, 0.5) is 17.1 Å². The first-order valence-electron chi connectivity index (χ1n) is 19.3. The van der Waals surface area contributed by atoms with Gasteiger partial charge in [0, 0.05) is 53.8 Å². The van der Waals surface area contributed by atoms with Crippen molar-refractivity contribution >= 4 is 72.6 Å². The maximum absolute atomic E-state index is 6.73. The molecule has 11 aromatic rings. The second-order valence-corrected chi connectivity index (χ2v) is 15.5. The first-order valence-corrected chi connectivity index (χ1v) is 20.1. The van der Waals surface area contributed by atoms with Gasteiger partial charge < -0.3 is 13.9 Å². The third kappa shape index (κ3) is 5.17. The van der Waals surface area contributed by atoms with E-state index in [0.717, 1.165) is 66.7 Å². The van der Waals surface area contributed by atoms with Crippen LogP contribution in [0.5, 0.6) is 0 Å². The highest BCUT2D eigenvalue weighted by molar-refractivity contribution is 7.99. The minimum absolute atomic E-state index is 0.562. The molecule has 0 atom stereocenters. The fourth-order valence-electron chi connectivity index (χ4n) is 8.38. The van der Waals surface area contributed by atoms with Gasteiger partial charge in [0.2, 0.25) is 0 Å². The van der Waals surface area contributed by atoms with Crippen molar-refractivity contribution in [2.75, 3.05) is 4.90 Å². The van der Waals surface area contributed by atoms with Crippen LogP contribution < -0.4 is 4.90 Å². The molecule has 1 aliphatic heterocycles. The van der Waals surface area contributed by atoms with Gasteiger partial charge >= 0.3 is 0 Å². The predicted octanol–water partition coefficient (Wildman–Crippen LogP) is 13.8. The maximum atomic E-state index is 6.73. The Morgan fingerprint density at radius 3 is 1.84 bits per heavy atom. The van der Waals surface area contributed by atoms with Gasteiger partial charge in [-0.05, 0) is 66.7 Å². The smallest absolute Gasteiger partial charge is 0.167 e. The summed E-state index contributed by atoms with van der Waals surface area (Å²) in [4.78, 5) is 19.8. The van der Waals surface area contributed by atoms with Gasteiger partial charge in [0.05, 0.1) is 28.0 Å². The molecule has 1 aliphatic rings. The van der Waals surface area contributed by atoms with Crippen molar-refractivity contribution in [2.24, 2.45) is 0 Å². The molecule has 0 saturated carbocycles. The van der Waals surface area contributed by atoms with Crippen LogP contribution in [0.15, 0.2) is 202 Å². The Kier molecular flexibility index (Phi) is 7.36. The van der Waals surface area contributed by atoms with Crippen molar-refractivity contribution in [3.05, 3.63) is 188 Å². The molecule has 4 heterocycles. The Bertz CT molecular complexity index is 3320. The Labute approximate surface area is 337 Å². The van der Waals surface area contributed by atoms with Crippen LogP contribution in [0.2, 0.25) is 0 Å². The SMILES string of the molecule is c1ccc(-c2nc(-c3ccccc3)nc(-c3cccc4c3oc3ccc(-n5c6ccccc6c6cc7c(cc65)N(c5ccccc5)c5ccccc5S7)cc34)n2)cc1. The Hall–Kier alpha value is -7.48. The maximum Gasteiger partial charge on any atom is 0.167 e. The Balaban J connectivity index is 1.05. The molecule has 272 valence electrons. The Morgan fingerprint density at radius 1 is 0.414 bits per heavy atom. The van der Waals surface area contributed by atoms with Gasteiger partial charge in [-0.25, -0.2) is 15.0 Å². The molecular formula is C51H31N5OS. The van der Waals surface area contributed by atoms with E-state index in [1.54, 1.807) is 0 Å². The number of hydrogen-bond donors (Lipinski definition) is 0. The van der Waals surface area contributed by atoms with Gasteiger partial charge in [0.15, 0.2) is 17.5 Å². The molecule has 0 radical (unpaired) electrons. The third-order valence-electron chi connectivity index (χ3n) is 11.0. The number of nitrogens with zero attached hydrogens (tertiary/aromatic N) is 5. The number of benzene rings is 8. The van der Waals surface area contributed by atoms with E-state index in [9.17, 15) is 0 Å². The molecular weight excluding hydrogens is 731 g/mol. The largest absolute Gasteiger partial charge is 0.455 e. The van der Waals surface area contributed by atoms with E-state index in [1.807, 2.05) is 78.5 Å². The molecule has 3 aromatic heterocycles. The Morgan fingerprint density at radius 2 is 1.07 bits per heavy atom. The van der Waals surface area contributed by atoms with Crippen LogP contribution in [-0.4, -0.2) is 19.5 Å². The second kappa shape index (κ2) is 13.0. The monoisotopic (exact) mass is 761 g/mol. The van der Waals surface area contributed by atoms with E-state index in [4.69, 9.17) is 19.4 Å². The molecule has 0 N–H and O–H groups in total. The average molecular weight is 762 g/mol. The van der Waals surface area contributed by atoms with Gasteiger partial charge in [-0.15, -0.1) is 0 Å². The van der Waals surface area contributed by atoms with Gasteiger partial charge in [-0.3, -0.25) is 0 Å². The fourth-order valence-corrected chi connectivity index (χ4v) is 9.46. The van der Waals surface area contributed by atoms with Crippen LogP contribution >= 0.6 is 11.8 Å². The molecule has 0 unspecified atom stereocenters. The summed E-state index contributed by atoms with van der Waals surface area (Å²) in [5.41, 5.74) is 11.0. The highest BCUT2D eigenvalue weighted by Gasteiger charge is 2.27. The zero-order valence-corrected chi connectivity index (χ0v) is 31.8. The summed E-state index contributed by atoms with van der Waals surface area (Å²) in [6.45, 7) is 0. The molecule has 8 aromatic carbocycles. The zero-order valence-electron chi connectivity index (χ0n) is 31.0. The zero-order chi connectivity index (χ0) is 38.2. The summed E-state index contributed by atoms with van der Waals surface area (Å²) >= 11 is 1.83. The predicted molar refractivity (Wildman–Crippen MR) is 237 cm³/mol. The van der Waals surface area contributed by atoms with Gasteiger partial charge in [-0.1, -0.05) is 133 Å². The number of fused-ring (bicyclic) bond motifs is 8. The van der Waals surface area contributed by atoms with E-state index in [2.05, 4.69) is 131 Å². The summed E-state index contributed by atoms with van der Waals surface area (Å²) in [5, 5.41) is 4.45. The van der Waals surface area contributed by atoms with Crippen molar-refractivity contribution < 1.29 is 4.42 Å². The number of aromatic nitrogens is 4. The molecule has 0 bridgehead atoms. The summed E-state index contributed by atoms with van der Waals surface area (Å²) in [6.07, 6.45) is 0. The standard InChI is InChI=1S/C51H31N5OS/c1-4-15-32(16-5-1)49-52-50(33-17-6-2-7-18-33)54-51(53-49)38-23-14-22-37-40-29-35(27-28-45(40)57-48(37)38)56-41-24-11-10-21-36(41)39-30-47-44(31-43(39)56)55(34-19-8-3-9-20-34)42-25-12-13-26-46(42)58-47/h1-31H. The molecule has 58 heavy (non-hydrogen) atoms. The topological polar surface area (TPSA) is 60.0 Å². The second-order valence-electron chi connectivity index (χ2n) is 14.4. The van der Waals surface area contributed by atoms with Crippen LogP contribution in [0.25, 0.3) is 83.6 Å². The van der Waals surface area contributed by atoms with Crippen LogP contribution in [-0.2, 0) is 0 Å². The lowest BCUT2D eigenvalue weighted by molar-refractivity contribution is 0.669. The minimum atomic E-state index is 0.562. The molecule has 12 rings (SSSR count). The van der Waals surface area contributed by atoms with Crippen molar-refractivity contribution in [1.82, 2.24) is 19.5 Å². The van der Waals surface area contributed by atoms with Crippen LogP contribution in [0, 0.1) is 0 Å². The lowest BCUT2D eigenvalue weighted by atomic mass is 10.1. The molecule has 6 nitrogen and oxygen atoms in total. The molecule has 0 spiro atoms. The van der Waals surface area contributed by atoms with Crippen LogP contribution in [0.1, 0.15) is 0 Å². The lowest BCUT2D eigenvalue weighted by Gasteiger charge is -2.33. The van der Waals surface area contributed by atoms with Crippen molar-refractivity contribution in [1.29, 1.82) is 0 Å². The summed E-state index contributed by atoms with van der Waals surface area (Å²) in [6, 6.07) is 65.6. The van der Waals surface area contributed by atoms with Crippen molar-refractivity contribution in [3.63, 3.8) is 0 Å². The van der Waals surface area contributed by atoms with E-state index in [-0.39, 0.29) is 0 Å². The van der Waals surface area contributed by atoms with Gasteiger partial charge in [0.1, 0.15) is 11.2 Å². The van der Waals surface area contributed by atoms with E-state index in [1.165, 1.54) is 26.3 Å². The van der Waals surface area contributed by atoms with Gasteiger partial charge in [-0.2, -0.15) is 0 Å². The summed E-state index contributed by atoms with van der Waals surface area (Å²) < 4.78 is 9.12. The quantitative estimate of drug-likeness (QED) is 0.174. The molecule has 7 heteroatoms. The van der Waals surface area contributed by atoms with Gasteiger partial charge in [0.25, 0.3) is 0 Å². The third-order valence-corrected chi connectivity index (χ3v) is 12.1. The van der Waals surface area contributed by atoms with E-state index < -0.39 is 0 Å². The number of anilines is 3. The van der Waals surface area contributed by atoms with Crippen molar-refractivity contribution in [3.8, 4) is 39.9 Å². The number of para-hydroxylation sites is 4. The molecule has 0 amide bonds. The van der Waals surface area contributed by atoms with Crippen LogP contribution in [0.3, 0.4) is 0 Å². The van der Waals surface area contributed by atoms with E-state index >= 15 is 0 Å². The lowest BCUT2D eigenvalue weighted by Crippen LogP contribution is -2.14. The molecule has 0 saturated heterocycles. The summed E-state index contributed by atoms with van der Waals surface area (Å²) in [7, 11) is 0. The first kappa shape index (κ1) is 32.7. The number of hydrogen-bond acceptors (Lipinski definition) is 6. The average Bonchev–Trinajstić information content (AvgIpc) is 3.83. The summed E-state index contributed by atoms with van der Waals surface area (Å²) in [5.74, 6) is 1.79. The van der Waals surface area contributed by atoms with Crippen molar-refractivity contribution in [2.45, 2.75) is 9.79 Å². The highest BCUT2D eigenvalue weighted by atomic mass is 32.2. The minimum Gasteiger partial charge on any atom is -0.455 e. The van der Waals surface area contributed by atoms with E-state index in [0.29, 0.717) is 17.5 Å². The highest BCUT2D eigenvalue weighted by Crippen LogP contribution is 2.53. The first-order chi connectivity index (χ1) is 28.7. The normalized spacial score (nSPS) is 12.4. The molecule has 0 aliphatic carbocycles. The number of furan rings is 1. The number of rotatable bonds is 5. The molecule has 0 fully saturated rings.